The highest BCUT2D eigenvalue weighted by Gasteiger charge is 2.25. The molecule has 0 fully saturated rings. The summed E-state index contributed by atoms with van der Waals surface area (Å²) in [5.41, 5.74) is 8.55. The van der Waals surface area contributed by atoms with Crippen LogP contribution in [-0.4, -0.2) is 14.8 Å². The summed E-state index contributed by atoms with van der Waals surface area (Å²) in [6.07, 6.45) is 2.72. The number of aromatic nitrogens is 3. The van der Waals surface area contributed by atoms with Gasteiger partial charge in [0, 0.05) is 18.7 Å². The first kappa shape index (κ1) is 14.7. The van der Waals surface area contributed by atoms with Gasteiger partial charge in [0.15, 0.2) is 0 Å². The quantitative estimate of drug-likeness (QED) is 0.912. The Balaban J connectivity index is 2.27. The number of halogens is 1. The van der Waals surface area contributed by atoms with Crippen molar-refractivity contribution in [3.05, 3.63) is 47.3 Å². The fourth-order valence-electron chi connectivity index (χ4n) is 2.28. The molecule has 0 aliphatic rings. The normalized spacial score (nSPS) is 14.2. The summed E-state index contributed by atoms with van der Waals surface area (Å²) in [5, 5.41) is 4.52. The molecule has 0 saturated carbocycles. The molecule has 0 aliphatic carbocycles. The van der Waals surface area contributed by atoms with Gasteiger partial charge in [-0.2, -0.15) is 5.10 Å². The van der Waals surface area contributed by atoms with Crippen molar-refractivity contribution in [2.75, 3.05) is 0 Å². The Morgan fingerprint density at radius 1 is 1.35 bits per heavy atom. The number of rotatable bonds is 5. The van der Waals surface area contributed by atoms with E-state index in [0.29, 0.717) is 12.1 Å². The van der Waals surface area contributed by atoms with E-state index >= 15 is 0 Å². The zero-order valence-electron chi connectivity index (χ0n) is 12.2. The molecule has 2 rings (SSSR count). The molecule has 0 aliphatic heterocycles. The summed E-state index contributed by atoms with van der Waals surface area (Å²) in [7, 11) is 0. The van der Waals surface area contributed by atoms with Crippen molar-refractivity contribution >= 4 is 0 Å². The Hall–Kier alpha value is -1.75. The average Bonchev–Trinajstić information content (AvgIpc) is 2.80. The number of nitrogens with two attached hydrogens (primary N) is 1. The second-order valence-electron chi connectivity index (χ2n) is 5.25. The molecule has 2 aromatic rings. The van der Waals surface area contributed by atoms with E-state index in [1.54, 1.807) is 6.07 Å². The largest absolute Gasteiger partial charge is 0.320 e. The third kappa shape index (κ3) is 3.04. The van der Waals surface area contributed by atoms with Crippen molar-refractivity contribution in [1.29, 1.82) is 0 Å². The van der Waals surface area contributed by atoms with Crippen LogP contribution in [-0.2, 0) is 24.9 Å². The topological polar surface area (TPSA) is 56.7 Å². The fraction of sp³-hybridized carbons (Fsp3) is 0.467. The molecule has 108 valence electrons. The van der Waals surface area contributed by atoms with Gasteiger partial charge in [0.05, 0.1) is 23.1 Å². The SMILES string of the molecule is CCc1cc(CC(C)(N)c2ccc(F)cn2)n(CC)n1. The number of aryl methyl sites for hydroxylation is 2. The minimum Gasteiger partial charge on any atom is -0.320 e. The van der Waals surface area contributed by atoms with Crippen LogP contribution in [0.25, 0.3) is 0 Å². The van der Waals surface area contributed by atoms with Crippen LogP contribution in [0.2, 0.25) is 0 Å². The fourth-order valence-corrected chi connectivity index (χ4v) is 2.28. The van der Waals surface area contributed by atoms with Gasteiger partial charge in [0.1, 0.15) is 5.82 Å². The Labute approximate surface area is 118 Å². The number of hydrogen-bond donors (Lipinski definition) is 1. The lowest BCUT2D eigenvalue weighted by molar-refractivity contribution is 0.449. The van der Waals surface area contributed by atoms with Crippen molar-refractivity contribution in [1.82, 2.24) is 14.8 Å². The van der Waals surface area contributed by atoms with Crippen LogP contribution in [0.1, 0.15) is 37.9 Å². The van der Waals surface area contributed by atoms with Crippen molar-refractivity contribution in [2.24, 2.45) is 5.73 Å². The van der Waals surface area contributed by atoms with E-state index in [1.807, 2.05) is 11.6 Å². The summed E-state index contributed by atoms with van der Waals surface area (Å²) in [4.78, 5) is 4.10. The first-order valence-corrected chi connectivity index (χ1v) is 6.92. The predicted octanol–water partition coefficient (Wildman–Crippen LogP) is 2.42. The van der Waals surface area contributed by atoms with Crippen LogP contribution in [0, 0.1) is 5.82 Å². The van der Waals surface area contributed by atoms with E-state index in [-0.39, 0.29) is 5.82 Å². The monoisotopic (exact) mass is 276 g/mol. The van der Waals surface area contributed by atoms with Gasteiger partial charge in [0.25, 0.3) is 0 Å². The molecule has 1 unspecified atom stereocenters. The lowest BCUT2D eigenvalue weighted by Gasteiger charge is -2.24. The van der Waals surface area contributed by atoms with Crippen molar-refractivity contribution in [2.45, 2.75) is 45.7 Å². The molecule has 0 aromatic carbocycles. The molecule has 2 heterocycles. The molecule has 2 N–H and O–H groups in total. The van der Waals surface area contributed by atoms with E-state index in [1.165, 1.54) is 12.3 Å². The summed E-state index contributed by atoms with van der Waals surface area (Å²) in [5.74, 6) is -0.351. The van der Waals surface area contributed by atoms with Crippen LogP contribution in [0.3, 0.4) is 0 Å². The van der Waals surface area contributed by atoms with E-state index < -0.39 is 5.54 Å². The minimum absolute atomic E-state index is 0.351. The molecule has 0 saturated heterocycles. The summed E-state index contributed by atoms with van der Waals surface area (Å²) in [6.45, 7) is 6.85. The first-order chi connectivity index (χ1) is 9.46. The number of nitrogens with zero attached hydrogens (tertiary/aromatic N) is 3. The third-order valence-electron chi connectivity index (χ3n) is 3.44. The standard InChI is InChI=1S/C15H21FN4/c1-4-12-8-13(20(5-2)19-12)9-15(3,17)14-7-6-11(16)10-18-14/h6-8,10H,4-5,9,17H2,1-3H3. The van der Waals surface area contributed by atoms with Crippen LogP contribution >= 0.6 is 0 Å². The van der Waals surface area contributed by atoms with Crippen LogP contribution in [0.4, 0.5) is 4.39 Å². The Morgan fingerprint density at radius 2 is 2.10 bits per heavy atom. The predicted molar refractivity (Wildman–Crippen MR) is 76.7 cm³/mol. The van der Waals surface area contributed by atoms with E-state index in [2.05, 4.69) is 30.0 Å². The molecule has 1 atom stereocenters. The Kier molecular flexibility index (Phi) is 4.18. The molecule has 5 heteroatoms. The number of pyridine rings is 1. The molecular formula is C15H21FN4. The summed E-state index contributed by atoms with van der Waals surface area (Å²) in [6, 6.07) is 5.11. The molecule has 2 aromatic heterocycles. The van der Waals surface area contributed by atoms with Gasteiger partial charge in [-0.3, -0.25) is 9.67 Å². The highest BCUT2D eigenvalue weighted by atomic mass is 19.1. The Morgan fingerprint density at radius 3 is 2.65 bits per heavy atom. The smallest absolute Gasteiger partial charge is 0.141 e. The van der Waals surface area contributed by atoms with E-state index in [4.69, 9.17) is 5.73 Å². The first-order valence-electron chi connectivity index (χ1n) is 6.92. The highest BCUT2D eigenvalue weighted by molar-refractivity contribution is 5.20. The minimum atomic E-state index is -0.647. The molecule has 0 amide bonds. The van der Waals surface area contributed by atoms with Crippen molar-refractivity contribution in [3.63, 3.8) is 0 Å². The lowest BCUT2D eigenvalue weighted by Crippen LogP contribution is -2.37. The van der Waals surface area contributed by atoms with Crippen LogP contribution in [0.5, 0.6) is 0 Å². The van der Waals surface area contributed by atoms with Gasteiger partial charge in [-0.1, -0.05) is 6.92 Å². The molecule has 0 spiro atoms. The summed E-state index contributed by atoms with van der Waals surface area (Å²) < 4.78 is 14.9. The lowest BCUT2D eigenvalue weighted by atomic mass is 9.92. The van der Waals surface area contributed by atoms with Gasteiger partial charge in [-0.05, 0) is 38.5 Å². The molecule has 4 nitrogen and oxygen atoms in total. The van der Waals surface area contributed by atoms with Gasteiger partial charge in [-0.25, -0.2) is 4.39 Å². The van der Waals surface area contributed by atoms with Gasteiger partial charge < -0.3 is 5.73 Å². The highest BCUT2D eigenvalue weighted by Crippen LogP contribution is 2.22. The van der Waals surface area contributed by atoms with Crippen LogP contribution < -0.4 is 5.73 Å². The zero-order valence-corrected chi connectivity index (χ0v) is 12.2. The third-order valence-corrected chi connectivity index (χ3v) is 3.44. The van der Waals surface area contributed by atoms with Gasteiger partial charge >= 0.3 is 0 Å². The van der Waals surface area contributed by atoms with Gasteiger partial charge in [-0.15, -0.1) is 0 Å². The number of hydrogen-bond acceptors (Lipinski definition) is 3. The second kappa shape index (κ2) is 5.71. The van der Waals surface area contributed by atoms with Crippen molar-refractivity contribution in [3.8, 4) is 0 Å². The van der Waals surface area contributed by atoms with E-state index in [9.17, 15) is 4.39 Å². The Bertz CT molecular complexity index is 572. The summed E-state index contributed by atoms with van der Waals surface area (Å²) >= 11 is 0. The molecule has 0 radical (unpaired) electrons. The maximum absolute atomic E-state index is 13.0. The van der Waals surface area contributed by atoms with Crippen LogP contribution in [0.15, 0.2) is 24.4 Å². The maximum atomic E-state index is 13.0. The second-order valence-corrected chi connectivity index (χ2v) is 5.25. The molecule has 0 bridgehead atoms. The van der Waals surface area contributed by atoms with E-state index in [0.717, 1.165) is 24.4 Å². The van der Waals surface area contributed by atoms with Gasteiger partial charge in [0.2, 0.25) is 0 Å². The zero-order chi connectivity index (χ0) is 14.8. The van der Waals surface area contributed by atoms with Crippen molar-refractivity contribution < 1.29 is 4.39 Å². The average molecular weight is 276 g/mol. The maximum Gasteiger partial charge on any atom is 0.141 e. The molecular weight excluding hydrogens is 255 g/mol. The molecule has 20 heavy (non-hydrogen) atoms.